The number of thiophene rings is 1. The molecule has 4 rings (SSSR count). The maximum Gasteiger partial charge on any atom is 0.522 e. The van der Waals surface area contributed by atoms with Crippen molar-refractivity contribution in [3.63, 3.8) is 0 Å². The van der Waals surface area contributed by atoms with E-state index in [4.69, 9.17) is 13.0 Å². The van der Waals surface area contributed by atoms with Crippen LogP contribution in [0.5, 0.6) is 0 Å². The lowest BCUT2D eigenvalue weighted by Crippen LogP contribution is -2.21. The molecular formula is C23H19F3O3S3. The predicted molar refractivity (Wildman–Crippen MR) is 129 cm³/mol. The van der Waals surface area contributed by atoms with Gasteiger partial charge in [-0.15, -0.1) is 11.3 Å². The third-order valence-corrected chi connectivity index (χ3v) is 5.82. The van der Waals surface area contributed by atoms with Crippen LogP contribution in [0.2, 0.25) is 0 Å². The Morgan fingerprint density at radius 2 is 1.12 bits per heavy atom. The summed E-state index contributed by atoms with van der Waals surface area (Å²) in [6.45, 7) is 0. The van der Waals surface area contributed by atoms with Gasteiger partial charge in [-0.25, -0.2) is 0 Å². The second kappa shape index (κ2) is 10.8. The normalized spacial score (nSPS) is 11.1. The second-order valence-electron chi connectivity index (χ2n) is 6.40. The van der Waals surface area contributed by atoms with Gasteiger partial charge in [-0.1, -0.05) is 84.9 Å². The van der Waals surface area contributed by atoms with E-state index in [0.29, 0.717) is 0 Å². The minimum absolute atomic E-state index is 0. The maximum atomic E-state index is 10.7. The zero-order valence-corrected chi connectivity index (χ0v) is 19.1. The zero-order chi connectivity index (χ0) is 22.5. The molecule has 0 saturated carbocycles. The number of hydrogen-bond acceptors (Lipinski definition) is 3. The Labute approximate surface area is 195 Å². The molecule has 0 spiro atoms. The minimum atomic E-state index is -5.84. The van der Waals surface area contributed by atoms with Gasteiger partial charge in [0, 0.05) is 4.88 Å². The van der Waals surface area contributed by atoms with Gasteiger partial charge < -0.3 is 0 Å². The first-order valence-corrected chi connectivity index (χ1v) is 11.3. The molecule has 0 aliphatic heterocycles. The summed E-state index contributed by atoms with van der Waals surface area (Å²) in [4.78, 5) is 1.31. The van der Waals surface area contributed by atoms with Crippen molar-refractivity contribution in [2.24, 2.45) is 0 Å². The average molecular weight is 497 g/mol. The fourth-order valence-electron chi connectivity index (χ4n) is 2.83. The SMILES string of the molecule is O=S(=O)(O)C(F)(F)F.S.c1ccc(-c2csc(-c3ccccc3-c3ccccc3)c2)cc1. The monoisotopic (exact) mass is 496 g/mol. The molecule has 3 aromatic carbocycles. The minimum Gasteiger partial charge on any atom is -0.279 e. The molecule has 168 valence electrons. The predicted octanol–water partition coefficient (Wildman–Crippen LogP) is 7.26. The van der Waals surface area contributed by atoms with Crippen molar-refractivity contribution in [3.05, 3.63) is 96.4 Å². The van der Waals surface area contributed by atoms with E-state index in [1.807, 2.05) is 0 Å². The van der Waals surface area contributed by atoms with Crippen LogP contribution in [0.4, 0.5) is 13.2 Å². The highest BCUT2D eigenvalue weighted by Crippen LogP contribution is 2.38. The van der Waals surface area contributed by atoms with Crippen LogP contribution in [0.1, 0.15) is 0 Å². The Hall–Kier alpha value is -2.59. The molecule has 0 atom stereocenters. The summed E-state index contributed by atoms with van der Waals surface area (Å²) in [6.07, 6.45) is 0. The number of hydrogen-bond donors (Lipinski definition) is 1. The molecule has 0 radical (unpaired) electrons. The van der Waals surface area contributed by atoms with E-state index in [9.17, 15) is 13.2 Å². The summed E-state index contributed by atoms with van der Waals surface area (Å²) in [5, 5.41) is 2.24. The summed E-state index contributed by atoms with van der Waals surface area (Å²) in [5.41, 5.74) is 0.867. The lowest BCUT2D eigenvalue weighted by Gasteiger charge is -2.08. The van der Waals surface area contributed by atoms with E-state index in [1.165, 1.54) is 32.7 Å². The topological polar surface area (TPSA) is 54.4 Å². The largest absolute Gasteiger partial charge is 0.522 e. The van der Waals surface area contributed by atoms with Crippen molar-refractivity contribution in [1.29, 1.82) is 0 Å². The first kappa shape index (κ1) is 25.7. The number of halogens is 3. The van der Waals surface area contributed by atoms with Gasteiger partial charge in [0.05, 0.1) is 0 Å². The van der Waals surface area contributed by atoms with Crippen LogP contribution in [-0.2, 0) is 10.1 Å². The molecular weight excluding hydrogens is 477 g/mol. The molecule has 3 nitrogen and oxygen atoms in total. The van der Waals surface area contributed by atoms with E-state index in [2.05, 4.69) is 96.4 Å². The van der Waals surface area contributed by atoms with E-state index < -0.39 is 15.6 Å². The Morgan fingerprint density at radius 3 is 1.62 bits per heavy atom. The van der Waals surface area contributed by atoms with Crippen LogP contribution in [0.15, 0.2) is 96.4 Å². The van der Waals surface area contributed by atoms with E-state index >= 15 is 0 Å². The summed E-state index contributed by atoms with van der Waals surface area (Å²) in [7, 11) is -5.84. The number of alkyl halides is 3. The Morgan fingerprint density at radius 1 is 0.688 bits per heavy atom. The van der Waals surface area contributed by atoms with Crippen LogP contribution < -0.4 is 0 Å². The fraction of sp³-hybridized carbons (Fsp3) is 0.0435. The average Bonchev–Trinajstić information content (AvgIpc) is 3.24. The molecule has 1 N–H and O–H groups in total. The van der Waals surface area contributed by atoms with Gasteiger partial charge in [0.2, 0.25) is 0 Å². The summed E-state index contributed by atoms with van der Waals surface area (Å²) in [6, 6.07) is 32.1. The summed E-state index contributed by atoms with van der Waals surface area (Å²) < 4.78 is 57.5. The molecule has 0 aliphatic carbocycles. The van der Waals surface area contributed by atoms with Crippen molar-refractivity contribution >= 4 is 35.0 Å². The Kier molecular flexibility index (Phi) is 8.68. The van der Waals surface area contributed by atoms with Crippen molar-refractivity contribution in [1.82, 2.24) is 0 Å². The van der Waals surface area contributed by atoms with Gasteiger partial charge in [-0.3, -0.25) is 4.55 Å². The maximum absolute atomic E-state index is 10.7. The van der Waals surface area contributed by atoms with E-state index in [1.54, 1.807) is 11.3 Å². The van der Waals surface area contributed by atoms with Gasteiger partial charge in [-0.2, -0.15) is 35.1 Å². The van der Waals surface area contributed by atoms with Crippen LogP contribution in [0.25, 0.3) is 32.7 Å². The lowest BCUT2D eigenvalue weighted by atomic mass is 9.98. The summed E-state index contributed by atoms with van der Waals surface area (Å²) >= 11 is 1.81. The lowest BCUT2D eigenvalue weighted by molar-refractivity contribution is -0.0510. The highest BCUT2D eigenvalue weighted by molar-refractivity contribution is 7.86. The molecule has 1 heterocycles. The number of rotatable bonds is 3. The molecule has 0 aliphatic rings. The highest BCUT2D eigenvalue weighted by Gasteiger charge is 2.44. The fourth-order valence-corrected chi connectivity index (χ4v) is 3.78. The molecule has 9 heteroatoms. The molecule has 4 aromatic rings. The molecule has 0 unspecified atom stereocenters. The Balaban J connectivity index is 0.000000350. The standard InChI is InChI=1S/C22H16S.CHF3O3S.H2S/c1-3-9-17(10-4-1)19-15-22(23-16-19)21-14-8-7-13-20(21)18-11-5-2-6-12-18;2-1(3,4)8(5,6)7;/h1-16H;(H,5,6,7);1H2. The zero-order valence-electron chi connectivity index (χ0n) is 16.5. The molecule has 32 heavy (non-hydrogen) atoms. The van der Waals surface area contributed by atoms with Crippen LogP contribution >= 0.6 is 24.8 Å². The van der Waals surface area contributed by atoms with E-state index in [-0.39, 0.29) is 13.5 Å². The quantitative estimate of drug-likeness (QED) is 0.240. The first-order valence-electron chi connectivity index (χ1n) is 8.99. The van der Waals surface area contributed by atoms with E-state index in [0.717, 1.165) is 0 Å². The third kappa shape index (κ3) is 6.46. The van der Waals surface area contributed by atoms with Gasteiger partial charge in [0.25, 0.3) is 0 Å². The van der Waals surface area contributed by atoms with Crippen LogP contribution in [-0.4, -0.2) is 18.5 Å². The molecule has 0 fully saturated rings. The van der Waals surface area contributed by atoms with Gasteiger partial charge in [0.1, 0.15) is 0 Å². The van der Waals surface area contributed by atoms with Crippen molar-refractivity contribution in [3.8, 4) is 32.7 Å². The molecule has 1 aromatic heterocycles. The highest BCUT2D eigenvalue weighted by atomic mass is 32.2. The van der Waals surface area contributed by atoms with Gasteiger partial charge in [0.15, 0.2) is 0 Å². The third-order valence-electron chi connectivity index (χ3n) is 4.28. The smallest absolute Gasteiger partial charge is 0.279 e. The van der Waals surface area contributed by atoms with Gasteiger partial charge in [-0.05, 0) is 39.3 Å². The van der Waals surface area contributed by atoms with Crippen LogP contribution in [0.3, 0.4) is 0 Å². The van der Waals surface area contributed by atoms with Crippen LogP contribution in [0, 0.1) is 0 Å². The van der Waals surface area contributed by atoms with Crippen molar-refractivity contribution in [2.75, 3.05) is 0 Å². The molecule has 0 saturated heterocycles. The van der Waals surface area contributed by atoms with Crippen molar-refractivity contribution in [2.45, 2.75) is 5.51 Å². The number of benzene rings is 3. The molecule has 0 amide bonds. The Bertz CT molecular complexity index is 1240. The van der Waals surface area contributed by atoms with Crippen molar-refractivity contribution < 1.29 is 26.1 Å². The first-order chi connectivity index (χ1) is 14.7. The van der Waals surface area contributed by atoms with Gasteiger partial charge >= 0.3 is 15.6 Å². The molecule has 0 bridgehead atoms. The summed E-state index contributed by atoms with van der Waals surface area (Å²) in [5.74, 6) is 0. The second-order valence-corrected chi connectivity index (χ2v) is 8.72.